The maximum atomic E-state index is 12.2. The summed E-state index contributed by atoms with van der Waals surface area (Å²) in [6.07, 6.45) is 1.15. The number of hydrogen-bond acceptors (Lipinski definition) is 4. The number of benzene rings is 2. The average Bonchev–Trinajstić information content (AvgIpc) is 3.14. The first-order valence-corrected chi connectivity index (χ1v) is 9.63. The first-order valence-electron chi connectivity index (χ1n) is 9.63. The van der Waals surface area contributed by atoms with Gasteiger partial charge in [-0.3, -0.25) is 14.4 Å². The highest BCUT2D eigenvalue weighted by Gasteiger charge is 2.34. The fourth-order valence-electron chi connectivity index (χ4n) is 3.23. The molecule has 7 nitrogen and oxygen atoms in total. The quantitative estimate of drug-likeness (QED) is 0.753. The van der Waals surface area contributed by atoms with E-state index in [1.807, 2.05) is 24.3 Å². The third-order valence-corrected chi connectivity index (χ3v) is 4.91. The van der Waals surface area contributed by atoms with E-state index < -0.39 is 0 Å². The van der Waals surface area contributed by atoms with Gasteiger partial charge in [0.05, 0.1) is 5.92 Å². The van der Waals surface area contributed by atoms with Gasteiger partial charge in [-0.05, 0) is 48.4 Å². The maximum Gasteiger partial charge on any atom is 0.262 e. The van der Waals surface area contributed by atoms with Crippen LogP contribution in [0.3, 0.4) is 0 Å². The van der Waals surface area contributed by atoms with Crippen molar-refractivity contribution in [2.45, 2.75) is 19.8 Å². The molecule has 1 fully saturated rings. The number of hydrogen-bond donors (Lipinski definition) is 2. The van der Waals surface area contributed by atoms with Gasteiger partial charge in [-0.15, -0.1) is 0 Å². The van der Waals surface area contributed by atoms with Crippen molar-refractivity contribution in [3.63, 3.8) is 0 Å². The van der Waals surface area contributed by atoms with Gasteiger partial charge in [0.15, 0.2) is 6.61 Å². The minimum absolute atomic E-state index is 0.0827. The molecule has 3 amide bonds. The van der Waals surface area contributed by atoms with E-state index in [1.165, 1.54) is 5.56 Å². The number of carbonyl (C=O) groups excluding carboxylic acids is 3. The SMILES string of the molecule is CCc1ccc(NC(=O)COc2ccc(N3C[C@@H](C(=O)NC)CC3=O)cc2)cc1. The number of ether oxygens (including phenoxy) is 1. The Morgan fingerprint density at radius 2 is 1.79 bits per heavy atom. The summed E-state index contributed by atoms with van der Waals surface area (Å²) < 4.78 is 5.53. The summed E-state index contributed by atoms with van der Waals surface area (Å²) in [4.78, 5) is 37.6. The molecule has 1 aliphatic rings. The molecule has 2 aromatic carbocycles. The predicted molar refractivity (Wildman–Crippen MR) is 111 cm³/mol. The zero-order valence-electron chi connectivity index (χ0n) is 16.6. The highest BCUT2D eigenvalue weighted by Crippen LogP contribution is 2.27. The fraction of sp³-hybridized carbons (Fsp3) is 0.318. The summed E-state index contributed by atoms with van der Waals surface area (Å²) in [5, 5.41) is 5.37. The molecule has 1 atom stereocenters. The molecule has 2 aromatic rings. The number of nitrogens with one attached hydrogen (secondary N) is 2. The Bertz CT molecular complexity index is 878. The lowest BCUT2D eigenvalue weighted by Crippen LogP contribution is -2.30. The van der Waals surface area contributed by atoms with E-state index in [2.05, 4.69) is 17.6 Å². The molecular formula is C22H25N3O4. The van der Waals surface area contributed by atoms with Gasteiger partial charge in [0.25, 0.3) is 5.91 Å². The molecule has 7 heteroatoms. The van der Waals surface area contributed by atoms with E-state index in [1.54, 1.807) is 36.2 Å². The summed E-state index contributed by atoms with van der Waals surface area (Å²) in [5.74, 6) is -0.267. The molecule has 1 heterocycles. The Labute approximate surface area is 170 Å². The molecule has 1 aliphatic heterocycles. The van der Waals surface area contributed by atoms with Crippen molar-refractivity contribution < 1.29 is 19.1 Å². The van der Waals surface area contributed by atoms with E-state index >= 15 is 0 Å². The highest BCUT2D eigenvalue weighted by atomic mass is 16.5. The van der Waals surface area contributed by atoms with Crippen LogP contribution < -0.4 is 20.3 Å². The fourth-order valence-corrected chi connectivity index (χ4v) is 3.23. The monoisotopic (exact) mass is 395 g/mol. The summed E-state index contributed by atoms with van der Waals surface area (Å²) >= 11 is 0. The van der Waals surface area contributed by atoms with Crippen molar-refractivity contribution in [2.24, 2.45) is 5.92 Å². The Kier molecular flexibility index (Phi) is 6.49. The first kappa shape index (κ1) is 20.4. The van der Waals surface area contributed by atoms with E-state index in [-0.39, 0.29) is 36.7 Å². The van der Waals surface area contributed by atoms with E-state index in [4.69, 9.17) is 4.74 Å². The van der Waals surface area contributed by atoms with Crippen molar-refractivity contribution in [1.82, 2.24) is 5.32 Å². The lowest BCUT2D eigenvalue weighted by molar-refractivity contribution is -0.125. The summed E-state index contributed by atoms with van der Waals surface area (Å²) in [7, 11) is 1.57. The molecule has 152 valence electrons. The Morgan fingerprint density at radius 3 is 2.41 bits per heavy atom. The van der Waals surface area contributed by atoms with Crippen LogP contribution in [0.25, 0.3) is 0 Å². The molecule has 0 spiro atoms. The molecule has 0 radical (unpaired) electrons. The number of amides is 3. The van der Waals surface area contributed by atoms with Crippen LogP contribution in [-0.2, 0) is 20.8 Å². The zero-order valence-corrected chi connectivity index (χ0v) is 16.6. The van der Waals surface area contributed by atoms with Crippen molar-refractivity contribution in [3.05, 3.63) is 54.1 Å². The van der Waals surface area contributed by atoms with Gasteiger partial charge in [-0.25, -0.2) is 0 Å². The minimum atomic E-state index is -0.335. The molecule has 2 N–H and O–H groups in total. The highest BCUT2D eigenvalue weighted by molar-refractivity contribution is 6.00. The average molecular weight is 395 g/mol. The lowest BCUT2D eigenvalue weighted by atomic mass is 10.1. The summed E-state index contributed by atoms with van der Waals surface area (Å²) in [5.41, 5.74) is 2.64. The van der Waals surface area contributed by atoms with Crippen molar-refractivity contribution in [1.29, 1.82) is 0 Å². The maximum absolute atomic E-state index is 12.2. The lowest BCUT2D eigenvalue weighted by Gasteiger charge is -2.17. The second kappa shape index (κ2) is 9.23. The Balaban J connectivity index is 1.52. The summed E-state index contributed by atoms with van der Waals surface area (Å²) in [6.45, 7) is 2.32. The molecule has 0 saturated carbocycles. The van der Waals surface area contributed by atoms with Crippen LogP contribution in [0.1, 0.15) is 18.9 Å². The molecule has 0 aromatic heterocycles. The van der Waals surface area contributed by atoms with Crippen LogP contribution in [0, 0.1) is 5.92 Å². The molecule has 29 heavy (non-hydrogen) atoms. The Morgan fingerprint density at radius 1 is 1.10 bits per heavy atom. The Hall–Kier alpha value is -3.35. The second-order valence-corrected chi connectivity index (χ2v) is 6.90. The van der Waals surface area contributed by atoms with Gasteiger partial charge in [0, 0.05) is 31.4 Å². The van der Waals surface area contributed by atoms with Gasteiger partial charge in [-0.2, -0.15) is 0 Å². The first-order chi connectivity index (χ1) is 14.0. The van der Waals surface area contributed by atoms with Crippen LogP contribution in [0.5, 0.6) is 5.75 Å². The smallest absolute Gasteiger partial charge is 0.262 e. The van der Waals surface area contributed by atoms with E-state index in [0.29, 0.717) is 18.0 Å². The van der Waals surface area contributed by atoms with Crippen LogP contribution in [-0.4, -0.2) is 37.9 Å². The number of carbonyl (C=O) groups is 3. The van der Waals surface area contributed by atoms with Gasteiger partial charge >= 0.3 is 0 Å². The van der Waals surface area contributed by atoms with Crippen molar-refractivity contribution in [3.8, 4) is 5.75 Å². The normalized spacial score (nSPS) is 15.9. The van der Waals surface area contributed by atoms with Gasteiger partial charge in [0.1, 0.15) is 5.75 Å². The number of rotatable bonds is 7. The van der Waals surface area contributed by atoms with E-state index in [9.17, 15) is 14.4 Å². The minimum Gasteiger partial charge on any atom is -0.484 e. The topological polar surface area (TPSA) is 87.7 Å². The predicted octanol–water partition coefficient (Wildman–Crippen LogP) is 2.37. The van der Waals surface area contributed by atoms with Crippen molar-refractivity contribution in [2.75, 3.05) is 30.4 Å². The number of nitrogens with zero attached hydrogens (tertiary/aromatic N) is 1. The van der Waals surface area contributed by atoms with Gasteiger partial charge < -0.3 is 20.3 Å². The van der Waals surface area contributed by atoms with E-state index in [0.717, 1.165) is 12.1 Å². The molecule has 3 rings (SSSR count). The molecule has 0 aliphatic carbocycles. The largest absolute Gasteiger partial charge is 0.484 e. The molecule has 0 bridgehead atoms. The van der Waals surface area contributed by atoms with Gasteiger partial charge in [-0.1, -0.05) is 19.1 Å². The molecule has 1 saturated heterocycles. The number of aryl methyl sites for hydroxylation is 1. The third-order valence-electron chi connectivity index (χ3n) is 4.91. The standard InChI is InChI=1S/C22H25N3O4/c1-3-15-4-6-17(7-5-15)24-20(26)14-29-19-10-8-18(9-11-19)25-13-16(12-21(25)27)22(28)23-2/h4-11,16H,3,12-14H2,1-2H3,(H,23,28)(H,24,26)/t16-/m0/s1. The molecular weight excluding hydrogens is 370 g/mol. The van der Waals surface area contributed by atoms with Crippen LogP contribution in [0.4, 0.5) is 11.4 Å². The second-order valence-electron chi connectivity index (χ2n) is 6.90. The summed E-state index contributed by atoms with van der Waals surface area (Å²) in [6, 6.07) is 14.6. The van der Waals surface area contributed by atoms with Crippen LogP contribution >= 0.6 is 0 Å². The van der Waals surface area contributed by atoms with Crippen LogP contribution in [0.15, 0.2) is 48.5 Å². The van der Waals surface area contributed by atoms with Crippen LogP contribution in [0.2, 0.25) is 0 Å². The van der Waals surface area contributed by atoms with Gasteiger partial charge in [0.2, 0.25) is 11.8 Å². The number of anilines is 2. The van der Waals surface area contributed by atoms with Crippen molar-refractivity contribution >= 4 is 29.1 Å². The third kappa shape index (κ3) is 5.13. The zero-order chi connectivity index (χ0) is 20.8. The molecule has 0 unspecified atom stereocenters.